The molecule has 0 spiro atoms. The number of rotatable bonds is 7. The molecule has 1 aliphatic heterocycles. The molecule has 1 saturated heterocycles. The summed E-state index contributed by atoms with van der Waals surface area (Å²) in [5, 5.41) is 2.96. The van der Waals surface area contributed by atoms with Crippen LogP contribution in [0.15, 0.2) is 0 Å². The van der Waals surface area contributed by atoms with E-state index in [1.165, 1.54) is 12.8 Å². The van der Waals surface area contributed by atoms with E-state index in [1.807, 2.05) is 0 Å². The van der Waals surface area contributed by atoms with E-state index >= 15 is 0 Å². The van der Waals surface area contributed by atoms with E-state index in [1.54, 1.807) is 0 Å². The number of nitrogens with two attached hydrogens (primary N) is 1. The molecule has 4 heteroatoms. The molecule has 0 radical (unpaired) electrons. The Bertz CT molecular complexity index is 215. The van der Waals surface area contributed by atoms with Crippen LogP contribution in [-0.2, 0) is 9.53 Å². The second-order valence-electron chi connectivity index (χ2n) is 5.01. The highest BCUT2D eigenvalue weighted by molar-refractivity contribution is 5.75. The lowest BCUT2D eigenvalue weighted by Gasteiger charge is -2.22. The average Bonchev–Trinajstić information content (AvgIpc) is 2.35. The number of carbonyl (C=O) groups is 1. The Morgan fingerprint density at radius 3 is 3.00 bits per heavy atom. The van der Waals surface area contributed by atoms with Gasteiger partial charge in [0.05, 0.1) is 6.10 Å². The minimum atomic E-state index is 0.142. The number of hydrogen-bond acceptors (Lipinski definition) is 3. The molecule has 1 aliphatic rings. The molecule has 2 unspecified atom stereocenters. The van der Waals surface area contributed by atoms with Crippen LogP contribution in [0, 0.1) is 5.92 Å². The summed E-state index contributed by atoms with van der Waals surface area (Å²) >= 11 is 0. The van der Waals surface area contributed by atoms with Gasteiger partial charge in [-0.2, -0.15) is 0 Å². The Balaban J connectivity index is 2.04. The summed E-state index contributed by atoms with van der Waals surface area (Å²) < 4.78 is 5.60. The smallest absolute Gasteiger partial charge is 0.220 e. The van der Waals surface area contributed by atoms with E-state index in [4.69, 9.17) is 10.5 Å². The molecule has 2 atom stereocenters. The van der Waals surface area contributed by atoms with Crippen LogP contribution in [0.25, 0.3) is 0 Å². The first-order valence-electron chi connectivity index (χ1n) is 6.80. The summed E-state index contributed by atoms with van der Waals surface area (Å²) in [4.78, 5) is 11.6. The van der Waals surface area contributed by atoms with E-state index in [0.29, 0.717) is 25.0 Å². The number of carbonyl (C=O) groups excluding carboxylic acids is 1. The van der Waals surface area contributed by atoms with Crippen LogP contribution in [0.2, 0.25) is 0 Å². The van der Waals surface area contributed by atoms with Gasteiger partial charge in [0.15, 0.2) is 0 Å². The lowest BCUT2D eigenvalue weighted by atomic mass is 10.0. The predicted octanol–water partition coefficient (Wildman–Crippen LogP) is 1.44. The maximum atomic E-state index is 11.6. The predicted molar refractivity (Wildman–Crippen MR) is 68.7 cm³/mol. The van der Waals surface area contributed by atoms with Crippen molar-refractivity contribution in [2.24, 2.45) is 11.7 Å². The lowest BCUT2D eigenvalue weighted by molar-refractivity contribution is -0.122. The quantitative estimate of drug-likeness (QED) is 0.710. The first kappa shape index (κ1) is 14.5. The van der Waals surface area contributed by atoms with Crippen molar-refractivity contribution < 1.29 is 9.53 Å². The summed E-state index contributed by atoms with van der Waals surface area (Å²) in [5.74, 6) is 0.609. The van der Waals surface area contributed by atoms with Gasteiger partial charge in [-0.1, -0.05) is 6.92 Å². The van der Waals surface area contributed by atoms with Gasteiger partial charge in [0, 0.05) is 19.6 Å². The van der Waals surface area contributed by atoms with Gasteiger partial charge in [0.1, 0.15) is 0 Å². The van der Waals surface area contributed by atoms with Gasteiger partial charge in [-0.3, -0.25) is 4.79 Å². The summed E-state index contributed by atoms with van der Waals surface area (Å²) in [7, 11) is 0. The van der Waals surface area contributed by atoms with Crippen molar-refractivity contribution in [1.82, 2.24) is 5.32 Å². The average molecular weight is 242 g/mol. The molecule has 1 rings (SSSR count). The van der Waals surface area contributed by atoms with Gasteiger partial charge in [0.2, 0.25) is 5.91 Å². The van der Waals surface area contributed by atoms with E-state index in [9.17, 15) is 4.79 Å². The topological polar surface area (TPSA) is 64.3 Å². The standard InChI is InChI=1S/C13H26N2O2/c1-11(7-8-14)10-15-13(16)6-5-12-4-2-3-9-17-12/h11-12H,2-10,14H2,1H3,(H,15,16). The largest absolute Gasteiger partial charge is 0.378 e. The third-order valence-electron chi connectivity index (χ3n) is 3.27. The van der Waals surface area contributed by atoms with Crippen LogP contribution in [0.4, 0.5) is 0 Å². The third-order valence-corrected chi connectivity index (χ3v) is 3.27. The summed E-state index contributed by atoms with van der Waals surface area (Å²) in [6.45, 7) is 4.39. The Morgan fingerprint density at radius 1 is 1.53 bits per heavy atom. The molecule has 0 aromatic rings. The maximum Gasteiger partial charge on any atom is 0.220 e. The second-order valence-corrected chi connectivity index (χ2v) is 5.01. The molecule has 0 bridgehead atoms. The maximum absolute atomic E-state index is 11.6. The Morgan fingerprint density at radius 2 is 2.35 bits per heavy atom. The Hall–Kier alpha value is -0.610. The summed E-state index contributed by atoms with van der Waals surface area (Å²) in [5.41, 5.74) is 5.46. The number of hydrogen-bond donors (Lipinski definition) is 2. The van der Waals surface area contributed by atoms with Crippen molar-refractivity contribution in [3.63, 3.8) is 0 Å². The number of amides is 1. The van der Waals surface area contributed by atoms with Gasteiger partial charge >= 0.3 is 0 Å². The highest BCUT2D eigenvalue weighted by Crippen LogP contribution is 2.16. The molecule has 3 N–H and O–H groups in total. The van der Waals surface area contributed by atoms with Crippen LogP contribution >= 0.6 is 0 Å². The molecule has 1 amide bonds. The molecule has 0 aromatic heterocycles. The first-order valence-corrected chi connectivity index (χ1v) is 6.80. The highest BCUT2D eigenvalue weighted by Gasteiger charge is 2.15. The molecular weight excluding hydrogens is 216 g/mol. The zero-order valence-electron chi connectivity index (χ0n) is 10.9. The second kappa shape index (κ2) is 8.48. The van der Waals surface area contributed by atoms with Crippen LogP contribution in [-0.4, -0.2) is 31.7 Å². The molecule has 4 nitrogen and oxygen atoms in total. The molecule has 0 aromatic carbocycles. The van der Waals surface area contributed by atoms with Crippen molar-refractivity contribution in [2.45, 2.75) is 51.6 Å². The third kappa shape index (κ3) is 6.64. The minimum Gasteiger partial charge on any atom is -0.378 e. The monoisotopic (exact) mass is 242 g/mol. The lowest BCUT2D eigenvalue weighted by Crippen LogP contribution is -2.30. The van der Waals surface area contributed by atoms with Gasteiger partial charge in [-0.15, -0.1) is 0 Å². The molecule has 0 aliphatic carbocycles. The molecule has 17 heavy (non-hydrogen) atoms. The first-order chi connectivity index (χ1) is 8.22. The van der Waals surface area contributed by atoms with E-state index in [0.717, 1.165) is 32.4 Å². The summed E-state index contributed by atoms with van der Waals surface area (Å²) in [6, 6.07) is 0. The van der Waals surface area contributed by atoms with Crippen LogP contribution in [0.3, 0.4) is 0 Å². The van der Waals surface area contributed by atoms with Gasteiger partial charge in [-0.25, -0.2) is 0 Å². The van der Waals surface area contributed by atoms with Gasteiger partial charge < -0.3 is 15.8 Å². The van der Waals surface area contributed by atoms with E-state index in [2.05, 4.69) is 12.2 Å². The van der Waals surface area contributed by atoms with Crippen LogP contribution in [0.5, 0.6) is 0 Å². The van der Waals surface area contributed by atoms with E-state index < -0.39 is 0 Å². The fourth-order valence-corrected chi connectivity index (χ4v) is 2.09. The van der Waals surface area contributed by atoms with Crippen molar-refractivity contribution in [2.75, 3.05) is 19.7 Å². The highest BCUT2D eigenvalue weighted by atomic mass is 16.5. The molecular formula is C13H26N2O2. The van der Waals surface area contributed by atoms with Gasteiger partial charge in [-0.05, 0) is 44.6 Å². The Labute approximate surface area is 104 Å². The normalized spacial score (nSPS) is 22.1. The zero-order chi connectivity index (χ0) is 12.5. The van der Waals surface area contributed by atoms with E-state index in [-0.39, 0.29) is 5.91 Å². The Kier molecular flexibility index (Phi) is 7.21. The number of ether oxygens (including phenoxy) is 1. The molecule has 100 valence electrons. The van der Waals surface area contributed by atoms with Crippen LogP contribution < -0.4 is 11.1 Å². The zero-order valence-corrected chi connectivity index (χ0v) is 10.9. The van der Waals surface area contributed by atoms with Crippen LogP contribution in [0.1, 0.15) is 45.4 Å². The van der Waals surface area contributed by atoms with Gasteiger partial charge in [0.25, 0.3) is 0 Å². The van der Waals surface area contributed by atoms with Crippen molar-refractivity contribution >= 4 is 5.91 Å². The fourth-order valence-electron chi connectivity index (χ4n) is 2.09. The van der Waals surface area contributed by atoms with Crippen molar-refractivity contribution in [3.8, 4) is 0 Å². The summed E-state index contributed by atoms with van der Waals surface area (Å²) in [6.07, 6.45) is 6.22. The molecule has 1 heterocycles. The van der Waals surface area contributed by atoms with Crippen molar-refractivity contribution in [3.05, 3.63) is 0 Å². The molecule has 0 saturated carbocycles. The number of nitrogens with one attached hydrogen (secondary N) is 1. The minimum absolute atomic E-state index is 0.142. The fraction of sp³-hybridized carbons (Fsp3) is 0.923. The van der Waals surface area contributed by atoms with Crippen molar-refractivity contribution in [1.29, 1.82) is 0 Å². The molecule has 1 fully saturated rings. The SMILES string of the molecule is CC(CCN)CNC(=O)CCC1CCCCO1.